The minimum atomic E-state index is -0.682. The molecule has 64 valence electrons. The number of rotatable bonds is 6. The molecule has 0 rings (SSSR count). The zero-order valence-corrected chi connectivity index (χ0v) is 6.99. The van der Waals surface area contributed by atoms with E-state index in [4.69, 9.17) is 9.84 Å². The monoisotopic (exact) mass is 156 g/mol. The van der Waals surface area contributed by atoms with Crippen molar-refractivity contribution in [1.29, 1.82) is 0 Å². The van der Waals surface area contributed by atoms with E-state index in [1.165, 1.54) is 0 Å². The number of hydrogen-bond donors (Lipinski definition) is 1. The SMILES string of the molecule is C=CCC(C=C)OC(O)CC. The van der Waals surface area contributed by atoms with Crippen molar-refractivity contribution in [3.05, 3.63) is 25.3 Å². The maximum absolute atomic E-state index is 9.08. The van der Waals surface area contributed by atoms with Gasteiger partial charge in [-0.25, -0.2) is 0 Å². The molecule has 1 N–H and O–H groups in total. The van der Waals surface area contributed by atoms with Crippen molar-refractivity contribution < 1.29 is 9.84 Å². The van der Waals surface area contributed by atoms with E-state index in [2.05, 4.69) is 13.2 Å². The van der Waals surface area contributed by atoms with E-state index >= 15 is 0 Å². The van der Waals surface area contributed by atoms with Gasteiger partial charge < -0.3 is 9.84 Å². The molecule has 0 aliphatic carbocycles. The van der Waals surface area contributed by atoms with E-state index in [0.29, 0.717) is 12.8 Å². The maximum Gasteiger partial charge on any atom is 0.155 e. The highest BCUT2D eigenvalue weighted by atomic mass is 16.6. The van der Waals surface area contributed by atoms with Crippen molar-refractivity contribution in [2.24, 2.45) is 0 Å². The van der Waals surface area contributed by atoms with Gasteiger partial charge in [0, 0.05) is 0 Å². The van der Waals surface area contributed by atoms with E-state index in [1.54, 1.807) is 12.2 Å². The molecule has 0 aromatic heterocycles. The molecular formula is C9H16O2. The molecule has 0 heterocycles. The number of aliphatic hydroxyl groups is 1. The molecule has 0 aliphatic rings. The highest BCUT2D eigenvalue weighted by Crippen LogP contribution is 2.05. The van der Waals surface area contributed by atoms with Gasteiger partial charge in [0.25, 0.3) is 0 Å². The van der Waals surface area contributed by atoms with Gasteiger partial charge >= 0.3 is 0 Å². The second-order valence-corrected chi connectivity index (χ2v) is 2.30. The van der Waals surface area contributed by atoms with Gasteiger partial charge in [0.05, 0.1) is 6.10 Å². The van der Waals surface area contributed by atoms with Gasteiger partial charge in [-0.3, -0.25) is 0 Å². The molecule has 0 fully saturated rings. The third-order valence-corrected chi connectivity index (χ3v) is 1.34. The van der Waals surface area contributed by atoms with Crippen LogP contribution in [0, 0.1) is 0 Å². The lowest BCUT2D eigenvalue weighted by Gasteiger charge is -2.15. The summed E-state index contributed by atoms with van der Waals surface area (Å²) in [5.74, 6) is 0. The van der Waals surface area contributed by atoms with Crippen molar-refractivity contribution in [3.63, 3.8) is 0 Å². The molecule has 0 amide bonds. The van der Waals surface area contributed by atoms with Crippen LogP contribution in [0.25, 0.3) is 0 Å². The summed E-state index contributed by atoms with van der Waals surface area (Å²) in [6.45, 7) is 9.02. The molecule has 0 saturated heterocycles. The Kier molecular flexibility index (Phi) is 5.80. The van der Waals surface area contributed by atoms with Crippen LogP contribution in [0.3, 0.4) is 0 Å². The van der Waals surface area contributed by atoms with Gasteiger partial charge in [-0.1, -0.05) is 19.1 Å². The summed E-state index contributed by atoms with van der Waals surface area (Å²) in [4.78, 5) is 0. The minimum absolute atomic E-state index is 0.109. The van der Waals surface area contributed by atoms with E-state index in [-0.39, 0.29) is 6.10 Å². The summed E-state index contributed by atoms with van der Waals surface area (Å²) < 4.78 is 5.16. The largest absolute Gasteiger partial charge is 0.368 e. The summed E-state index contributed by atoms with van der Waals surface area (Å²) >= 11 is 0. The summed E-state index contributed by atoms with van der Waals surface area (Å²) in [5, 5.41) is 9.08. The van der Waals surface area contributed by atoms with Gasteiger partial charge in [-0.05, 0) is 12.8 Å². The van der Waals surface area contributed by atoms with E-state index in [9.17, 15) is 0 Å². The summed E-state index contributed by atoms with van der Waals surface area (Å²) in [6.07, 6.45) is 3.91. The standard InChI is InChI=1S/C9H16O2/c1-4-7-8(5-2)11-9(10)6-3/h4-5,8-10H,1-2,6-7H2,3H3. The number of hydrogen-bond acceptors (Lipinski definition) is 2. The average Bonchev–Trinajstić information content (AvgIpc) is 2.03. The smallest absolute Gasteiger partial charge is 0.155 e. The Labute approximate surface area is 68.2 Å². The van der Waals surface area contributed by atoms with Gasteiger partial charge in [0.1, 0.15) is 0 Å². The number of ether oxygens (including phenoxy) is 1. The average molecular weight is 156 g/mol. The summed E-state index contributed by atoms with van der Waals surface area (Å²) in [6, 6.07) is 0. The van der Waals surface area contributed by atoms with Crippen LogP contribution >= 0.6 is 0 Å². The number of aliphatic hydroxyl groups excluding tert-OH is 1. The fourth-order valence-electron chi connectivity index (χ4n) is 0.670. The normalized spacial score (nSPS) is 15.5. The minimum Gasteiger partial charge on any atom is -0.368 e. The Morgan fingerprint density at radius 1 is 1.55 bits per heavy atom. The van der Waals surface area contributed by atoms with Gasteiger partial charge in [-0.15, -0.1) is 13.2 Å². The lowest BCUT2D eigenvalue weighted by atomic mass is 10.2. The lowest BCUT2D eigenvalue weighted by Crippen LogP contribution is -2.18. The Morgan fingerprint density at radius 3 is 2.55 bits per heavy atom. The van der Waals surface area contributed by atoms with E-state index < -0.39 is 6.29 Å². The molecule has 2 nitrogen and oxygen atoms in total. The zero-order chi connectivity index (χ0) is 8.69. The fraction of sp³-hybridized carbons (Fsp3) is 0.556. The molecule has 0 radical (unpaired) electrons. The van der Waals surface area contributed by atoms with Crippen LogP contribution in [0.2, 0.25) is 0 Å². The van der Waals surface area contributed by atoms with Crippen molar-refractivity contribution in [2.45, 2.75) is 32.2 Å². The first kappa shape index (κ1) is 10.4. The topological polar surface area (TPSA) is 29.5 Å². The first-order valence-corrected chi connectivity index (χ1v) is 3.81. The molecule has 0 bridgehead atoms. The third-order valence-electron chi connectivity index (χ3n) is 1.34. The Hall–Kier alpha value is -0.600. The first-order valence-electron chi connectivity index (χ1n) is 3.81. The van der Waals surface area contributed by atoms with Gasteiger partial charge in [-0.2, -0.15) is 0 Å². The molecule has 2 unspecified atom stereocenters. The second kappa shape index (κ2) is 6.13. The van der Waals surface area contributed by atoms with Crippen LogP contribution in [0.5, 0.6) is 0 Å². The quantitative estimate of drug-likeness (QED) is 0.470. The van der Waals surface area contributed by atoms with Crippen LogP contribution in [-0.2, 0) is 4.74 Å². The summed E-state index contributed by atoms with van der Waals surface area (Å²) in [5.41, 5.74) is 0. The maximum atomic E-state index is 9.08. The first-order chi connectivity index (χ1) is 5.24. The van der Waals surface area contributed by atoms with Gasteiger partial charge in [0.2, 0.25) is 0 Å². The molecule has 0 aromatic carbocycles. The van der Waals surface area contributed by atoms with Gasteiger partial charge in [0.15, 0.2) is 6.29 Å². The van der Waals surface area contributed by atoms with Crippen molar-refractivity contribution in [3.8, 4) is 0 Å². The molecule has 0 spiro atoms. The predicted molar refractivity (Wildman–Crippen MR) is 46.2 cm³/mol. The van der Waals surface area contributed by atoms with E-state index in [1.807, 2.05) is 6.92 Å². The molecule has 2 heteroatoms. The van der Waals surface area contributed by atoms with Crippen LogP contribution in [0.4, 0.5) is 0 Å². The van der Waals surface area contributed by atoms with Crippen LogP contribution < -0.4 is 0 Å². The second-order valence-electron chi connectivity index (χ2n) is 2.30. The van der Waals surface area contributed by atoms with Crippen molar-refractivity contribution >= 4 is 0 Å². The summed E-state index contributed by atoms with van der Waals surface area (Å²) in [7, 11) is 0. The molecule has 11 heavy (non-hydrogen) atoms. The van der Waals surface area contributed by atoms with Crippen LogP contribution in [0.1, 0.15) is 19.8 Å². The Bertz CT molecular complexity index is 121. The molecular weight excluding hydrogens is 140 g/mol. The highest BCUT2D eigenvalue weighted by molar-refractivity contribution is 4.86. The van der Waals surface area contributed by atoms with Crippen molar-refractivity contribution in [1.82, 2.24) is 0 Å². The fourth-order valence-corrected chi connectivity index (χ4v) is 0.670. The third kappa shape index (κ3) is 4.76. The van der Waals surface area contributed by atoms with Crippen LogP contribution in [-0.4, -0.2) is 17.5 Å². The lowest BCUT2D eigenvalue weighted by molar-refractivity contribution is -0.121. The molecule has 0 aromatic rings. The Morgan fingerprint density at radius 2 is 2.18 bits per heavy atom. The van der Waals surface area contributed by atoms with Crippen molar-refractivity contribution in [2.75, 3.05) is 0 Å². The zero-order valence-electron chi connectivity index (χ0n) is 6.99. The molecule has 0 saturated carbocycles. The van der Waals surface area contributed by atoms with Crippen LogP contribution in [0.15, 0.2) is 25.3 Å². The molecule has 0 aliphatic heterocycles. The molecule has 2 atom stereocenters. The Balaban J connectivity index is 3.66. The predicted octanol–water partition coefficient (Wildman–Crippen LogP) is 1.86. The highest BCUT2D eigenvalue weighted by Gasteiger charge is 2.06. The van der Waals surface area contributed by atoms with E-state index in [0.717, 1.165) is 0 Å².